The molecule has 128 valence electrons. The van der Waals surface area contributed by atoms with E-state index in [2.05, 4.69) is 4.90 Å². The number of amides is 1. The number of carbonyl (C=O) groups is 1. The van der Waals surface area contributed by atoms with Crippen LogP contribution in [0.3, 0.4) is 0 Å². The molecule has 0 radical (unpaired) electrons. The molecule has 0 unspecified atom stereocenters. The van der Waals surface area contributed by atoms with Crippen molar-refractivity contribution >= 4 is 5.91 Å². The molecule has 2 rings (SSSR count). The molecule has 0 aromatic heterocycles. The third-order valence-electron chi connectivity index (χ3n) is 3.81. The topological polar surface area (TPSA) is 68.0 Å². The number of likely N-dealkylation sites (N-methyl/N-ethyl adjacent to an activating group) is 1. The summed E-state index contributed by atoms with van der Waals surface area (Å²) in [6.07, 6.45) is 0.0104. The van der Waals surface area contributed by atoms with E-state index in [1.165, 1.54) is 13.2 Å². The van der Waals surface area contributed by atoms with Crippen LogP contribution in [-0.2, 0) is 16.1 Å². The molecular formula is C16H24FN3O3. The molecule has 0 bridgehead atoms. The molecule has 2 N–H and O–H groups in total. The van der Waals surface area contributed by atoms with Crippen LogP contribution in [0.4, 0.5) is 4.39 Å². The van der Waals surface area contributed by atoms with E-state index in [1.807, 2.05) is 11.9 Å². The molecular weight excluding hydrogens is 301 g/mol. The SMILES string of the molecule is COc1ccc(CN(CC(N)=O)C[C@H]2CN(C)CCO2)cc1F. The molecule has 1 aromatic carbocycles. The van der Waals surface area contributed by atoms with Gasteiger partial charge in [-0.15, -0.1) is 0 Å². The molecule has 0 aliphatic carbocycles. The van der Waals surface area contributed by atoms with E-state index in [0.717, 1.165) is 18.7 Å². The Kier molecular flexibility index (Phi) is 6.32. The van der Waals surface area contributed by atoms with Crippen molar-refractivity contribution in [3.05, 3.63) is 29.6 Å². The number of morpholine rings is 1. The summed E-state index contributed by atoms with van der Waals surface area (Å²) in [7, 11) is 3.46. The Morgan fingerprint density at radius 3 is 2.96 bits per heavy atom. The lowest BCUT2D eigenvalue weighted by Crippen LogP contribution is -2.47. The number of methoxy groups -OCH3 is 1. The Balaban J connectivity index is 2.02. The molecule has 1 atom stereocenters. The van der Waals surface area contributed by atoms with Crippen LogP contribution in [0.25, 0.3) is 0 Å². The van der Waals surface area contributed by atoms with Crippen LogP contribution in [0, 0.1) is 5.82 Å². The van der Waals surface area contributed by atoms with E-state index in [1.54, 1.807) is 12.1 Å². The Hall–Kier alpha value is -1.70. The van der Waals surface area contributed by atoms with Crippen LogP contribution in [-0.4, -0.2) is 68.8 Å². The van der Waals surface area contributed by atoms with E-state index in [0.29, 0.717) is 19.7 Å². The molecule has 1 amide bonds. The predicted molar refractivity (Wildman–Crippen MR) is 84.7 cm³/mol. The van der Waals surface area contributed by atoms with Gasteiger partial charge < -0.3 is 20.1 Å². The standard InChI is InChI=1S/C16H24FN3O3/c1-19-5-6-23-13(9-19)10-20(11-16(18)21)8-12-3-4-15(22-2)14(17)7-12/h3-4,7,13H,5-6,8-11H2,1-2H3,(H2,18,21)/t13-/m1/s1. The number of hydrogen-bond acceptors (Lipinski definition) is 5. The first-order valence-corrected chi connectivity index (χ1v) is 7.61. The zero-order valence-corrected chi connectivity index (χ0v) is 13.6. The van der Waals surface area contributed by atoms with Crippen molar-refractivity contribution in [2.24, 2.45) is 5.73 Å². The number of primary amides is 1. The van der Waals surface area contributed by atoms with Gasteiger partial charge in [-0.05, 0) is 24.7 Å². The summed E-state index contributed by atoms with van der Waals surface area (Å²) in [4.78, 5) is 15.4. The molecule has 6 nitrogen and oxygen atoms in total. The third kappa shape index (κ3) is 5.46. The number of nitrogens with two attached hydrogens (primary N) is 1. The molecule has 1 heterocycles. The second kappa shape index (κ2) is 8.24. The minimum Gasteiger partial charge on any atom is -0.494 e. The fraction of sp³-hybridized carbons (Fsp3) is 0.562. The summed E-state index contributed by atoms with van der Waals surface area (Å²) in [6.45, 7) is 3.47. The van der Waals surface area contributed by atoms with Gasteiger partial charge in [0.25, 0.3) is 0 Å². The molecule has 0 saturated carbocycles. The van der Waals surface area contributed by atoms with Crippen molar-refractivity contribution in [1.29, 1.82) is 0 Å². The Labute approximate surface area is 135 Å². The van der Waals surface area contributed by atoms with Crippen LogP contribution < -0.4 is 10.5 Å². The summed E-state index contributed by atoms with van der Waals surface area (Å²) in [5.74, 6) is -0.631. The van der Waals surface area contributed by atoms with Crippen LogP contribution in [0.1, 0.15) is 5.56 Å². The average molecular weight is 325 g/mol. The van der Waals surface area contributed by atoms with Crippen molar-refractivity contribution in [2.45, 2.75) is 12.6 Å². The van der Waals surface area contributed by atoms with E-state index in [-0.39, 0.29) is 18.4 Å². The van der Waals surface area contributed by atoms with Gasteiger partial charge in [0.2, 0.25) is 5.91 Å². The lowest BCUT2D eigenvalue weighted by atomic mass is 10.1. The van der Waals surface area contributed by atoms with Crippen molar-refractivity contribution in [2.75, 3.05) is 46.9 Å². The monoisotopic (exact) mass is 325 g/mol. The predicted octanol–water partition coefficient (Wildman–Crippen LogP) is 0.452. The zero-order chi connectivity index (χ0) is 16.8. The van der Waals surface area contributed by atoms with Crippen LogP contribution >= 0.6 is 0 Å². The second-order valence-electron chi connectivity index (χ2n) is 5.86. The number of benzene rings is 1. The summed E-state index contributed by atoms with van der Waals surface area (Å²) in [6, 6.07) is 4.78. The number of ether oxygens (including phenoxy) is 2. The first-order chi connectivity index (χ1) is 11.0. The van der Waals surface area contributed by atoms with Gasteiger partial charge in [0, 0.05) is 26.2 Å². The fourth-order valence-corrected chi connectivity index (χ4v) is 2.74. The van der Waals surface area contributed by atoms with E-state index in [9.17, 15) is 9.18 Å². The Morgan fingerprint density at radius 2 is 2.35 bits per heavy atom. The number of rotatable bonds is 7. The first kappa shape index (κ1) is 17.7. The molecule has 1 aliphatic rings. The average Bonchev–Trinajstić information content (AvgIpc) is 2.46. The smallest absolute Gasteiger partial charge is 0.231 e. The fourth-order valence-electron chi connectivity index (χ4n) is 2.74. The van der Waals surface area contributed by atoms with Crippen LogP contribution in [0.2, 0.25) is 0 Å². The molecule has 1 saturated heterocycles. The van der Waals surface area contributed by atoms with Crippen molar-refractivity contribution in [3.63, 3.8) is 0 Å². The number of halogens is 1. The minimum atomic E-state index is -0.419. The summed E-state index contributed by atoms with van der Waals surface area (Å²) in [5, 5.41) is 0. The molecule has 1 fully saturated rings. The Bertz CT molecular complexity index is 541. The van der Waals surface area contributed by atoms with Crippen molar-refractivity contribution in [3.8, 4) is 5.75 Å². The van der Waals surface area contributed by atoms with Gasteiger partial charge in [-0.25, -0.2) is 4.39 Å². The highest BCUT2D eigenvalue weighted by Gasteiger charge is 2.22. The molecule has 23 heavy (non-hydrogen) atoms. The maximum absolute atomic E-state index is 13.8. The third-order valence-corrected chi connectivity index (χ3v) is 3.81. The molecule has 1 aliphatic heterocycles. The van der Waals surface area contributed by atoms with Crippen molar-refractivity contribution in [1.82, 2.24) is 9.80 Å². The van der Waals surface area contributed by atoms with Gasteiger partial charge in [-0.3, -0.25) is 9.69 Å². The van der Waals surface area contributed by atoms with E-state index < -0.39 is 11.7 Å². The number of nitrogens with zero attached hydrogens (tertiary/aromatic N) is 2. The Morgan fingerprint density at radius 1 is 1.57 bits per heavy atom. The highest BCUT2D eigenvalue weighted by atomic mass is 19.1. The number of carbonyl (C=O) groups excluding carboxylic acids is 1. The van der Waals surface area contributed by atoms with Crippen LogP contribution in [0.15, 0.2) is 18.2 Å². The van der Waals surface area contributed by atoms with Crippen molar-refractivity contribution < 1.29 is 18.7 Å². The normalized spacial score (nSPS) is 19.0. The highest BCUT2D eigenvalue weighted by molar-refractivity contribution is 5.75. The lowest BCUT2D eigenvalue weighted by molar-refractivity contribution is -0.120. The van der Waals surface area contributed by atoms with Crippen LogP contribution in [0.5, 0.6) is 5.75 Å². The zero-order valence-electron chi connectivity index (χ0n) is 13.6. The number of hydrogen-bond donors (Lipinski definition) is 1. The molecule has 0 spiro atoms. The highest BCUT2D eigenvalue weighted by Crippen LogP contribution is 2.19. The van der Waals surface area contributed by atoms with Gasteiger partial charge in [-0.1, -0.05) is 6.07 Å². The maximum atomic E-state index is 13.8. The maximum Gasteiger partial charge on any atom is 0.231 e. The second-order valence-corrected chi connectivity index (χ2v) is 5.86. The van der Waals surface area contributed by atoms with Gasteiger partial charge in [-0.2, -0.15) is 0 Å². The largest absolute Gasteiger partial charge is 0.494 e. The summed E-state index contributed by atoms with van der Waals surface area (Å²) in [5.41, 5.74) is 6.09. The summed E-state index contributed by atoms with van der Waals surface area (Å²) >= 11 is 0. The summed E-state index contributed by atoms with van der Waals surface area (Å²) < 4.78 is 24.5. The van der Waals surface area contributed by atoms with Gasteiger partial charge >= 0.3 is 0 Å². The van der Waals surface area contributed by atoms with Gasteiger partial charge in [0.15, 0.2) is 11.6 Å². The van der Waals surface area contributed by atoms with Gasteiger partial charge in [0.05, 0.1) is 26.4 Å². The lowest BCUT2D eigenvalue weighted by Gasteiger charge is -2.33. The van der Waals surface area contributed by atoms with E-state index >= 15 is 0 Å². The quantitative estimate of drug-likeness (QED) is 0.788. The van der Waals surface area contributed by atoms with Gasteiger partial charge in [0.1, 0.15) is 0 Å². The molecule has 1 aromatic rings. The van der Waals surface area contributed by atoms with E-state index in [4.69, 9.17) is 15.2 Å². The minimum absolute atomic E-state index is 0.0104. The molecule has 7 heteroatoms. The first-order valence-electron chi connectivity index (χ1n) is 7.61.